The molecular weight excluding hydrogens is 773 g/mol. The Labute approximate surface area is 348 Å². The molecular formula is C44H70N6O6S2. The lowest BCUT2D eigenvalue weighted by Crippen LogP contribution is -2.44. The molecule has 0 heterocycles. The Morgan fingerprint density at radius 3 is 1.26 bits per heavy atom. The second kappa shape index (κ2) is 18.5. The monoisotopic (exact) mass is 842 g/mol. The lowest BCUT2D eigenvalue weighted by atomic mass is 9.71. The molecule has 0 bridgehead atoms. The number of rotatable bonds is 16. The minimum Gasteiger partial charge on any atom is -0.309 e. The molecule has 2 saturated carbocycles. The van der Waals surface area contributed by atoms with Crippen molar-refractivity contribution in [2.75, 3.05) is 59.8 Å². The lowest BCUT2D eigenvalue weighted by Gasteiger charge is -2.40. The summed E-state index contributed by atoms with van der Waals surface area (Å²) in [6.45, 7) is 15.6. The Balaban J connectivity index is 1.58. The van der Waals surface area contributed by atoms with E-state index in [0.29, 0.717) is 48.5 Å². The largest absolute Gasteiger partial charge is 0.309 e. The summed E-state index contributed by atoms with van der Waals surface area (Å²) in [5, 5.41) is 15.1. The summed E-state index contributed by atoms with van der Waals surface area (Å²) < 4.78 is 62.2. The van der Waals surface area contributed by atoms with E-state index >= 15 is 0 Å². The zero-order valence-electron chi connectivity index (χ0n) is 36.7. The molecule has 0 spiro atoms. The molecule has 0 saturated heterocycles. The first-order valence-corrected chi connectivity index (χ1v) is 24.1. The number of fused-ring (bicyclic) bond motifs is 2. The fourth-order valence-corrected chi connectivity index (χ4v) is 13.0. The van der Waals surface area contributed by atoms with E-state index in [1.165, 1.54) is 24.3 Å². The van der Waals surface area contributed by atoms with E-state index in [0.717, 1.165) is 64.5 Å². The summed E-state index contributed by atoms with van der Waals surface area (Å²) in [4.78, 5) is 17.0. The summed E-state index contributed by atoms with van der Waals surface area (Å²) in [5.74, 6) is 1.02. The van der Waals surface area contributed by atoms with Crippen LogP contribution >= 0.6 is 0 Å². The highest BCUT2D eigenvalue weighted by atomic mass is 32.2. The van der Waals surface area contributed by atoms with Crippen molar-refractivity contribution < 1.29 is 22.0 Å². The molecule has 2 aliphatic carbocycles. The van der Waals surface area contributed by atoms with Crippen LogP contribution in [0.25, 0.3) is 21.5 Å². The molecule has 0 aliphatic heterocycles. The molecule has 0 amide bonds. The van der Waals surface area contributed by atoms with Gasteiger partial charge in [0.15, 0.2) is 0 Å². The molecule has 58 heavy (non-hydrogen) atoms. The van der Waals surface area contributed by atoms with E-state index in [9.17, 15) is 26.9 Å². The maximum atomic E-state index is 14.7. The molecule has 2 N–H and O–H groups in total. The fourth-order valence-electron chi connectivity index (χ4n) is 9.52. The van der Waals surface area contributed by atoms with Gasteiger partial charge >= 0.3 is 0 Å². The third kappa shape index (κ3) is 10.2. The first kappa shape index (κ1) is 46.3. The third-order valence-corrected chi connectivity index (χ3v) is 17.0. The highest BCUT2D eigenvalue weighted by molar-refractivity contribution is 7.89. The van der Waals surface area contributed by atoms with Crippen molar-refractivity contribution in [3.63, 3.8) is 0 Å². The van der Waals surface area contributed by atoms with Crippen molar-refractivity contribution in [2.24, 2.45) is 27.8 Å². The smallest absolute Gasteiger partial charge is 0.243 e. The molecule has 5 rings (SSSR count). The Morgan fingerprint density at radius 2 is 0.966 bits per heavy atom. The third-order valence-electron chi connectivity index (χ3n) is 13.1. The van der Waals surface area contributed by atoms with Crippen LogP contribution in [0.15, 0.2) is 51.4 Å². The molecule has 0 unspecified atom stereocenters. The van der Waals surface area contributed by atoms with E-state index in [1.807, 2.05) is 38.0 Å². The van der Waals surface area contributed by atoms with Gasteiger partial charge in [0.1, 0.15) is 5.69 Å². The van der Waals surface area contributed by atoms with Gasteiger partial charge in [-0.1, -0.05) is 53.7 Å². The van der Waals surface area contributed by atoms with E-state index in [-0.39, 0.29) is 54.9 Å². The van der Waals surface area contributed by atoms with Crippen LogP contribution in [0.4, 0.5) is 11.4 Å². The van der Waals surface area contributed by atoms with Crippen LogP contribution in [0.5, 0.6) is 0 Å². The molecule has 324 valence electrons. The van der Waals surface area contributed by atoms with Gasteiger partial charge in [-0.05, 0) is 158 Å². The van der Waals surface area contributed by atoms with Gasteiger partial charge in [-0.15, -0.1) is 4.91 Å². The predicted molar refractivity (Wildman–Crippen MR) is 237 cm³/mol. The maximum Gasteiger partial charge on any atom is 0.243 e. The summed E-state index contributed by atoms with van der Waals surface area (Å²) in [5.41, 5.74) is 2.71. The average Bonchev–Trinajstić information content (AvgIpc) is 3.15. The second-order valence-electron chi connectivity index (χ2n) is 19.6. The van der Waals surface area contributed by atoms with Gasteiger partial charge in [-0.3, -0.25) is 10.7 Å². The lowest BCUT2D eigenvalue weighted by molar-refractivity contribution is 0.133. The van der Waals surface area contributed by atoms with Crippen molar-refractivity contribution >= 4 is 53.0 Å². The van der Waals surface area contributed by atoms with Gasteiger partial charge in [0.25, 0.3) is 0 Å². The molecule has 0 atom stereocenters. The standard InChI is InChI=1S/C44H70N6O6S2/c1-43(2,3)31-13-17-33(18-14-31)49(27-11-25-47(7)8)57(53,54)35-21-23-37-39(29-35)42(46-52)40-30-36(22-24-38(40)41(37)45-51)58(55,56)50(28-12-26-48(9)10)34-19-15-32(16-20-34)44(4,5)6/h21-24,29-34,45,51H,11-20,25-28H2,1-10H3. The summed E-state index contributed by atoms with van der Waals surface area (Å²) in [7, 11) is -0.198. The van der Waals surface area contributed by atoms with Crippen molar-refractivity contribution in [2.45, 2.75) is 128 Å². The number of nitrogens with one attached hydrogen (secondary N) is 1. The number of nitrogens with zero attached hydrogens (tertiary/aromatic N) is 5. The van der Waals surface area contributed by atoms with Crippen LogP contribution in [-0.4, -0.2) is 107 Å². The van der Waals surface area contributed by atoms with Crippen molar-refractivity contribution in [1.29, 1.82) is 0 Å². The van der Waals surface area contributed by atoms with Crippen LogP contribution in [0.1, 0.15) is 106 Å². The number of nitroso groups, excluding NO2 is 1. The summed E-state index contributed by atoms with van der Waals surface area (Å²) >= 11 is 0. The van der Waals surface area contributed by atoms with Crippen LogP contribution in [0.2, 0.25) is 0 Å². The van der Waals surface area contributed by atoms with Crippen LogP contribution in [0, 0.1) is 27.6 Å². The van der Waals surface area contributed by atoms with Gasteiger partial charge < -0.3 is 9.80 Å². The van der Waals surface area contributed by atoms with E-state index in [1.54, 1.807) is 20.7 Å². The van der Waals surface area contributed by atoms with Crippen molar-refractivity contribution in [3.05, 3.63) is 41.3 Å². The molecule has 2 fully saturated rings. The van der Waals surface area contributed by atoms with Crippen LogP contribution in [0.3, 0.4) is 0 Å². The minimum absolute atomic E-state index is 0.0256. The highest BCUT2D eigenvalue weighted by Crippen LogP contribution is 2.45. The minimum atomic E-state index is -4.04. The molecule has 3 aromatic rings. The topological polar surface area (TPSA) is 143 Å². The van der Waals surface area contributed by atoms with Crippen LogP contribution in [-0.2, 0) is 20.0 Å². The van der Waals surface area contributed by atoms with Crippen molar-refractivity contribution in [1.82, 2.24) is 18.4 Å². The fraction of sp³-hybridized carbons (Fsp3) is 0.682. The molecule has 12 nitrogen and oxygen atoms in total. The quantitative estimate of drug-likeness (QED) is 0.0820. The number of anilines is 1. The van der Waals surface area contributed by atoms with Gasteiger partial charge in [0.05, 0.1) is 15.5 Å². The van der Waals surface area contributed by atoms with Gasteiger partial charge in [0.2, 0.25) is 20.0 Å². The SMILES string of the molecule is CN(C)CCCN(C1CCC(C(C)(C)C)CC1)S(=O)(=O)c1ccc2c(NO)c3ccc(S(=O)(=O)N(CCCN(C)C)C4CCC(C(C)(C)C)CC4)cc3c(N=O)c2c1. The molecule has 14 heteroatoms. The normalized spacial score (nSPS) is 21.5. The summed E-state index contributed by atoms with van der Waals surface area (Å²) in [6, 6.07) is 8.84. The second-order valence-corrected chi connectivity index (χ2v) is 23.4. The van der Waals surface area contributed by atoms with E-state index in [4.69, 9.17) is 0 Å². The number of hydrogen-bond acceptors (Lipinski definition) is 10. The highest BCUT2D eigenvalue weighted by Gasteiger charge is 2.39. The van der Waals surface area contributed by atoms with Crippen LogP contribution < -0.4 is 5.48 Å². The Bertz CT molecular complexity index is 1970. The van der Waals surface area contributed by atoms with Crippen molar-refractivity contribution in [3.8, 4) is 0 Å². The molecule has 2 aliphatic rings. The molecule has 0 radical (unpaired) electrons. The zero-order valence-corrected chi connectivity index (χ0v) is 38.3. The number of hydrogen-bond donors (Lipinski definition) is 2. The van der Waals surface area contributed by atoms with Gasteiger partial charge in [-0.25, -0.2) is 16.8 Å². The Kier molecular flexibility index (Phi) is 14.8. The molecule has 3 aromatic carbocycles. The first-order chi connectivity index (χ1) is 27.1. The zero-order chi connectivity index (χ0) is 42.8. The predicted octanol–water partition coefficient (Wildman–Crippen LogP) is 9.29. The maximum absolute atomic E-state index is 14.7. The van der Waals surface area contributed by atoms with Gasteiger partial charge in [-0.2, -0.15) is 8.61 Å². The van der Waals surface area contributed by atoms with E-state index in [2.05, 4.69) is 52.2 Å². The average molecular weight is 843 g/mol. The number of benzene rings is 3. The Morgan fingerprint density at radius 1 is 0.603 bits per heavy atom. The molecule has 0 aromatic heterocycles. The van der Waals surface area contributed by atoms with Gasteiger partial charge in [0, 0.05) is 46.7 Å². The number of sulfonamides is 2. The first-order valence-electron chi connectivity index (χ1n) is 21.2. The summed E-state index contributed by atoms with van der Waals surface area (Å²) in [6.07, 6.45) is 8.15. The van der Waals surface area contributed by atoms with E-state index < -0.39 is 20.0 Å². The Hall–Kier alpha value is -2.72.